The smallest absolute Gasteiger partial charge is 0.134 e. The van der Waals surface area contributed by atoms with E-state index in [1.54, 1.807) is 0 Å². The van der Waals surface area contributed by atoms with Gasteiger partial charge in [-0.25, -0.2) is 0 Å². The molecule has 0 aromatic rings. The van der Waals surface area contributed by atoms with Gasteiger partial charge in [0.15, 0.2) is 0 Å². The van der Waals surface area contributed by atoms with Crippen LogP contribution in [0.15, 0.2) is 11.6 Å². The molecule has 0 saturated heterocycles. The normalized spacial score (nSPS) is 31.1. The molecule has 0 amide bonds. The monoisotopic (exact) mass is 206 g/mol. The first-order valence-electron chi connectivity index (χ1n) is 5.33. The number of hydrogen-bond acceptors (Lipinski definition) is 3. The molecule has 3 aliphatic carbocycles. The molecular weight excluding hydrogens is 192 g/mol. The number of carbonyl (C=O) groups is 3. The van der Waals surface area contributed by atoms with Crippen LogP contribution in [-0.4, -0.2) is 18.9 Å². The highest BCUT2D eigenvalue weighted by molar-refractivity contribution is 5.87. The highest BCUT2D eigenvalue weighted by atomic mass is 16.1. The van der Waals surface area contributed by atoms with Crippen LogP contribution in [0.2, 0.25) is 0 Å². The van der Waals surface area contributed by atoms with E-state index >= 15 is 0 Å². The Labute approximate surface area is 88.5 Å². The Balaban J connectivity index is 2.17. The summed E-state index contributed by atoms with van der Waals surface area (Å²) in [5.74, 6) is 0.281. The van der Waals surface area contributed by atoms with Crippen molar-refractivity contribution >= 4 is 18.9 Å². The number of carbonyl (C=O) groups excluding carboxylic acids is 3. The van der Waals surface area contributed by atoms with E-state index in [1.165, 1.54) is 0 Å². The molecule has 2 atom stereocenters. The molecule has 0 aliphatic heterocycles. The summed E-state index contributed by atoms with van der Waals surface area (Å²) >= 11 is 0. The van der Waals surface area contributed by atoms with Crippen LogP contribution in [0.3, 0.4) is 0 Å². The number of hydrogen-bond donors (Lipinski definition) is 0. The maximum Gasteiger partial charge on any atom is 0.134 e. The van der Waals surface area contributed by atoms with E-state index in [0.29, 0.717) is 12.8 Å². The summed E-state index contributed by atoms with van der Waals surface area (Å²) in [5.41, 5.74) is 0.372. The van der Waals surface area contributed by atoms with Crippen molar-refractivity contribution in [1.29, 1.82) is 0 Å². The van der Waals surface area contributed by atoms with Gasteiger partial charge in [0, 0.05) is 6.42 Å². The van der Waals surface area contributed by atoms with Gasteiger partial charge in [-0.2, -0.15) is 0 Å². The van der Waals surface area contributed by atoms with Gasteiger partial charge in [-0.1, -0.05) is 11.6 Å². The van der Waals surface area contributed by atoms with Gasteiger partial charge >= 0.3 is 0 Å². The molecule has 80 valence electrons. The Morgan fingerprint density at radius 3 is 2.60 bits per heavy atom. The van der Waals surface area contributed by atoms with Crippen molar-refractivity contribution in [3.05, 3.63) is 11.6 Å². The average Bonchev–Trinajstić information content (AvgIpc) is 2.28. The molecule has 2 bridgehead atoms. The fourth-order valence-corrected chi connectivity index (χ4v) is 2.91. The minimum Gasteiger partial charge on any atom is -0.303 e. The molecule has 1 fully saturated rings. The summed E-state index contributed by atoms with van der Waals surface area (Å²) in [7, 11) is 0. The molecule has 0 heterocycles. The van der Waals surface area contributed by atoms with Crippen LogP contribution in [0.5, 0.6) is 0 Å². The van der Waals surface area contributed by atoms with Crippen molar-refractivity contribution in [3.8, 4) is 0 Å². The van der Waals surface area contributed by atoms with Crippen molar-refractivity contribution in [3.63, 3.8) is 0 Å². The number of allylic oxidation sites excluding steroid dienone is 2. The topological polar surface area (TPSA) is 51.2 Å². The standard InChI is InChI=1S/C12H14O3/c13-5-1-2-9-3-4-10-6-11(9)12(10,7-14)8-15/h3,5,7-8,10-11H,1-2,4,6H2. The van der Waals surface area contributed by atoms with E-state index in [9.17, 15) is 14.4 Å². The van der Waals surface area contributed by atoms with Crippen LogP contribution in [0, 0.1) is 17.3 Å². The zero-order valence-corrected chi connectivity index (χ0v) is 8.52. The lowest BCUT2D eigenvalue weighted by molar-refractivity contribution is -0.144. The molecule has 1 saturated carbocycles. The maximum atomic E-state index is 11.0. The SMILES string of the molecule is O=CCCC1=CCC2CC1C2(C=O)C=O. The van der Waals surface area contributed by atoms with Crippen LogP contribution in [-0.2, 0) is 14.4 Å². The Morgan fingerprint density at radius 2 is 2.07 bits per heavy atom. The lowest BCUT2D eigenvalue weighted by Gasteiger charge is -2.53. The van der Waals surface area contributed by atoms with Crippen LogP contribution < -0.4 is 0 Å². The van der Waals surface area contributed by atoms with Gasteiger partial charge in [0.1, 0.15) is 18.9 Å². The summed E-state index contributed by atoms with van der Waals surface area (Å²) in [6.07, 6.45) is 7.54. The van der Waals surface area contributed by atoms with Crippen LogP contribution in [0.25, 0.3) is 0 Å². The Hall–Kier alpha value is -1.25. The summed E-state index contributed by atoms with van der Waals surface area (Å²) in [6, 6.07) is 0. The summed E-state index contributed by atoms with van der Waals surface area (Å²) in [5, 5.41) is 0. The third-order valence-corrected chi connectivity index (χ3v) is 3.90. The molecule has 3 nitrogen and oxygen atoms in total. The van der Waals surface area contributed by atoms with Gasteiger partial charge in [0.25, 0.3) is 0 Å². The molecule has 0 N–H and O–H groups in total. The van der Waals surface area contributed by atoms with E-state index < -0.39 is 5.41 Å². The van der Waals surface area contributed by atoms with E-state index in [4.69, 9.17) is 0 Å². The van der Waals surface area contributed by atoms with Gasteiger partial charge in [0.05, 0.1) is 5.41 Å². The lowest BCUT2D eigenvalue weighted by Crippen LogP contribution is -2.54. The summed E-state index contributed by atoms with van der Waals surface area (Å²) in [4.78, 5) is 32.4. The van der Waals surface area contributed by atoms with Crippen molar-refractivity contribution in [1.82, 2.24) is 0 Å². The highest BCUT2D eigenvalue weighted by Crippen LogP contribution is 2.58. The van der Waals surface area contributed by atoms with E-state index in [-0.39, 0.29) is 11.8 Å². The van der Waals surface area contributed by atoms with Gasteiger partial charge in [-0.15, -0.1) is 0 Å². The minimum absolute atomic E-state index is 0.0752. The zero-order valence-electron chi connectivity index (χ0n) is 8.52. The first kappa shape index (κ1) is 10.3. The fraction of sp³-hybridized carbons (Fsp3) is 0.583. The number of fused-ring (bicyclic) bond motifs is 1. The van der Waals surface area contributed by atoms with Crippen LogP contribution in [0.1, 0.15) is 25.7 Å². The second-order valence-corrected chi connectivity index (χ2v) is 4.44. The molecule has 0 aromatic carbocycles. The predicted molar refractivity (Wildman–Crippen MR) is 54.2 cm³/mol. The second-order valence-electron chi connectivity index (χ2n) is 4.44. The number of rotatable bonds is 5. The molecule has 3 aliphatic rings. The van der Waals surface area contributed by atoms with E-state index in [1.807, 2.05) is 0 Å². The maximum absolute atomic E-state index is 11.0. The first-order valence-corrected chi connectivity index (χ1v) is 5.33. The van der Waals surface area contributed by atoms with Gasteiger partial charge in [0.2, 0.25) is 0 Å². The lowest BCUT2D eigenvalue weighted by atomic mass is 9.48. The van der Waals surface area contributed by atoms with Crippen molar-refractivity contribution < 1.29 is 14.4 Å². The summed E-state index contributed by atoms with van der Waals surface area (Å²) < 4.78 is 0. The predicted octanol–water partition coefficient (Wildman–Crippen LogP) is 1.32. The Morgan fingerprint density at radius 1 is 1.33 bits per heavy atom. The molecule has 0 spiro atoms. The first-order chi connectivity index (χ1) is 7.28. The largest absolute Gasteiger partial charge is 0.303 e. The molecular formula is C12H14O3. The van der Waals surface area contributed by atoms with Gasteiger partial charge in [-0.3, -0.25) is 0 Å². The molecule has 2 unspecified atom stereocenters. The fourth-order valence-electron chi connectivity index (χ4n) is 2.91. The van der Waals surface area contributed by atoms with Crippen LogP contribution in [0.4, 0.5) is 0 Å². The molecule has 0 radical (unpaired) electrons. The minimum atomic E-state index is -0.757. The quantitative estimate of drug-likeness (QED) is 0.387. The molecule has 0 aromatic heterocycles. The highest BCUT2D eigenvalue weighted by Gasteiger charge is 2.57. The third-order valence-electron chi connectivity index (χ3n) is 3.90. The van der Waals surface area contributed by atoms with E-state index in [0.717, 1.165) is 37.3 Å². The number of aldehydes is 3. The molecule has 3 heteroatoms. The Bertz CT molecular complexity index is 322. The van der Waals surface area contributed by atoms with Crippen molar-refractivity contribution in [2.45, 2.75) is 25.7 Å². The molecule has 15 heavy (non-hydrogen) atoms. The summed E-state index contributed by atoms with van der Waals surface area (Å²) in [6.45, 7) is 0. The van der Waals surface area contributed by atoms with E-state index in [2.05, 4.69) is 6.08 Å². The van der Waals surface area contributed by atoms with Crippen molar-refractivity contribution in [2.24, 2.45) is 17.3 Å². The average molecular weight is 206 g/mol. The second kappa shape index (κ2) is 3.72. The van der Waals surface area contributed by atoms with Gasteiger partial charge < -0.3 is 14.4 Å². The van der Waals surface area contributed by atoms with Gasteiger partial charge in [-0.05, 0) is 31.1 Å². The third kappa shape index (κ3) is 1.29. The Kier molecular flexibility index (Phi) is 2.55. The van der Waals surface area contributed by atoms with Crippen molar-refractivity contribution in [2.75, 3.05) is 0 Å². The zero-order chi connectivity index (χ0) is 10.9. The molecule has 3 rings (SSSR count). The van der Waals surface area contributed by atoms with Crippen LogP contribution >= 0.6 is 0 Å².